The number of allylic oxidation sites excluding steroid dienone is 3. The van der Waals surface area contributed by atoms with Gasteiger partial charge in [-0.2, -0.15) is 0 Å². The maximum atomic E-state index is 13.3. The second-order valence-electron chi connectivity index (χ2n) is 5.78. The standard InChI is InChI=1S/C14H12BClF3N2O2S/c1-14(6-2-4-10(16)8-14)24(22,23)21-9-12(15(17,18)19)11-5-3-7-20-13(11)21/h2-5,7-9H,6H2,1H3/q-1. The number of rotatable bonds is 3. The van der Waals surface area contributed by atoms with Gasteiger partial charge in [-0.1, -0.05) is 29.2 Å². The van der Waals surface area contributed by atoms with Crippen LogP contribution in [0.5, 0.6) is 0 Å². The molecule has 0 saturated carbocycles. The van der Waals surface area contributed by atoms with Crippen molar-refractivity contribution in [3.63, 3.8) is 0 Å². The lowest BCUT2D eigenvalue weighted by molar-refractivity contribution is 0.501. The maximum absolute atomic E-state index is 13.3. The first-order valence-corrected chi connectivity index (χ1v) is 8.84. The van der Waals surface area contributed by atoms with Gasteiger partial charge >= 0.3 is 6.98 Å². The third kappa shape index (κ3) is 2.55. The summed E-state index contributed by atoms with van der Waals surface area (Å²) in [6.07, 6.45) is 6.43. The largest absolute Gasteiger partial charge is 0.511 e. The van der Waals surface area contributed by atoms with Gasteiger partial charge in [0.1, 0.15) is 4.75 Å². The number of pyridine rings is 1. The molecule has 0 fully saturated rings. The minimum Gasteiger partial charge on any atom is -0.445 e. The Morgan fingerprint density at radius 1 is 1.38 bits per heavy atom. The zero-order valence-electron chi connectivity index (χ0n) is 12.5. The Bertz CT molecular complexity index is 982. The van der Waals surface area contributed by atoms with E-state index in [4.69, 9.17) is 11.6 Å². The monoisotopic (exact) mass is 375 g/mol. The topological polar surface area (TPSA) is 52.0 Å². The van der Waals surface area contributed by atoms with Gasteiger partial charge in [0.05, 0.1) is 0 Å². The molecule has 24 heavy (non-hydrogen) atoms. The van der Waals surface area contributed by atoms with Gasteiger partial charge in [-0.15, -0.1) is 0 Å². The number of hydrogen-bond acceptors (Lipinski definition) is 3. The Hall–Kier alpha value is -1.74. The molecular formula is C14H12BClF3N2O2S-. The molecule has 0 saturated heterocycles. The normalized spacial score (nSPS) is 22.0. The van der Waals surface area contributed by atoms with Crippen LogP contribution in [0.4, 0.5) is 12.9 Å². The van der Waals surface area contributed by atoms with Crippen LogP contribution in [0.2, 0.25) is 0 Å². The molecule has 3 rings (SSSR count). The molecule has 2 aromatic heterocycles. The average Bonchev–Trinajstić information content (AvgIpc) is 2.87. The molecule has 4 nitrogen and oxygen atoms in total. The molecule has 0 radical (unpaired) electrons. The van der Waals surface area contributed by atoms with Crippen molar-refractivity contribution in [3.05, 3.63) is 47.8 Å². The smallest absolute Gasteiger partial charge is 0.445 e. The Kier molecular flexibility index (Phi) is 3.84. The van der Waals surface area contributed by atoms with Gasteiger partial charge in [-0.25, -0.2) is 17.4 Å². The van der Waals surface area contributed by atoms with Crippen LogP contribution < -0.4 is 5.46 Å². The predicted octanol–water partition coefficient (Wildman–Crippen LogP) is 3.11. The highest BCUT2D eigenvalue weighted by molar-refractivity contribution is 7.91. The summed E-state index contributed by atoms with van der Waals surface area (Å²) in [6, 6.07) is 2.55. The van der Waals surface area contributed by atoms with Crippen LogP contribution in [0, 0.1) is 0 Å². The fourth-order valence-electron chi connectivity index (χ4n) is 2.71. The number of nitrogens with zero attached hydrogens (tertiary/aromatic N) is 2. The van der Waals surface area contributed by atoms with E-state index in [0.29, 0.717) is 10.2 Å². The second kappa shape index (κ2) is 5.39. The van der Waals surface area contributed by atoms with Gasteiger partial charge in [0, 0.05) is 11.2 Å². The molecule has 1 aliphatic carbocycles. The molecule has 1 aliphatic rings. The average molecular weight is 376 g/mol. The molecule has 0 aliphatic heterocycles. The zero-order chi connectivity index (χ0) is 17.8. The quantitative estimate of drug-likeness (QED) is 0.775. The van der Waals surface area contributed by atoms with Crippen LogP contribution in [0.3, 0.4) is 0 Å². The minimum absolute atomic E-state index is 0.102. The van der Waals surface area contributed by atoms with Gasteiger partial charge in [0.25, 0.3) is 0 Å². The SMILES string of the molecule is CC1(S(=O)(=O)n2cc([B-](F)(F)F)c3cccnc32)C=C(Cl)C=CC1. The van der Waals surface area contributed by atoms with E-state index >= 15 is 0 Å². The van der Waals surface area contributed by atoms with Gasteiger partial charge in [-0.05, 0) is 43.1 Å². The lowest BCUT2D eigenvalue weighted by Gasteiger charge is -2.27. The van der Waals surface area contributed by atoms with Crippen LogP contribution in [0.25, 0.3) is 11.0 Å². The summed E-state index contributed by atoms with van der Waals surface area (Å²) in [5.74, 6) is 0. The summed E-state index contributed by atoms with van der Waals surface area (Å²) >= 11 is 5.90. The lowest BCUT2D eigenvalue weighted by Crippen LogP contribution is -2.39. The first kappa shape index (κ1) is 17.1. The van der Waals surface area contributed by atoms with E-state index in [-0.39, 0.29) is 22.5 Å². The van der Waals surface area contributed by atoms with Gasteiger partial charge < -0.3 is 12.9 Å². The van der Waals surface area contributed by atoms with Crippen molar-refractivity contribution in [2.24, 2.45) is 0 Å². The van der Waals surface area contributed by atoms with Gasteiger partial charge in [0.2, 0.25) is 10.0 Å². The van der Waals surface area contributed by atoms with Crippen molar-refractivity contribution in [1.82, 2.24) is 8.96 Å². The molecule has 10 heteroatoms. The highest BCUT2D eigenvalue weighted by atomic mass is 35.5. The third-order valence-electron chi connectivity index (χ3n) is 4.01. The highest BCUT2D eigenvalue weighted by Gasteiger charge is 2.41. The van der Waals surface area contributed by atoms with Crippen LogP contribution in [0.1, 0.15) is 13.3 Å². The van der Waals surface area contributed by atoms with Crippen molar-refractivity contribution in [1.29, 1.82) is 0 Å². The zero-order valence-corrected chi connectivity index (χ0v) is 14.0. The maximum Gasteiger partial charge on any atom is 0.511 e. The van der Waals surface area contributed by atoms with E-state index in [1.807, 2.05) is 0 Å². The molecule has 1 unspecified atom stereocenters. The van der Waals surface area contributed by atoms with Crippen molar-refractivity contribution in [2.75, 3.05) is 0 Å². The van der Waals surface area contributed by atoms with Crippen molar-refractivity contribution >= 4 is 45.1 Å². The minimum atomic E-state index is -5.38. The van der Waals surface area contributed by atoms with Crippen molar-refractivity contribution in [2.45, 2.75) is 18.1 Å². The van der Waals surface area contributed by atoms with Gasteiger partial charge in [-0.3, -0.25) is 0 Å². The number of hydrogen-bond donors (Lipinski definition) is 0. The lowest BCUT2D eigenvalue weighted by atomic mass is 9.80. The predicted molar refractivity (Wildman–Crippen MR) is 88.9 cm³/mol. The van der Waals surface area contributed by atoms with E-state index < -0.39 is 27.2 Å². The van der Waals surface area contributed by atoms with E-state index in [2.05, 4.69) is 4.98 Å². The molecule has 2 aromatic rings. The molecular weight excluding hydrogens is 363 g/mol. The summed E-state index contributed by atoms with van der Waals surface area (Å²) in [5.41, 5.74) is -1.22. The molecule has 0 amide bonds. The van der Waals surface area contributed by atoms with E-state index in [0.717, 1.165) is 0 Å². The summed E-state index contributed by atoms with van der Waals surface area (Å²) in [6.45, 7) is -3.96. The number of halogens is 4. The first-order valence-electron chi connectivity index (χ1n) is 7.02. The highest BCUT2D eigenvalue weighted by Crippen LogP contribution is 2.33. The molecule has 0 spiro atoms. The fraction of sp³-hybridized carbons (Fsp3) is 0.214. The Balaban J connectivity index is 2.29. The second-order valence-corrected chi connectivity index (χ2v) is 8.50. The van der Waals surface area contributed by atoms with Crippen molar-refractivity contribution < 1.29 is 21.4 Å². The molecule has 0 bridgehead atoms. The first-order chi connectivity index (χ1) is 11.1. The Morgan fingerprint density at radius 2 is 2.08 bits per heavy atom. The van der Waals surface area contributed by atoms with E-state index in [9.17, 15) is 21.4 Å². The van der Waals surface area contributed by atoms with E-state index in [1.54, 1.807) is 12.2 Å². The Labute approximate surface area is 141 Å². The third-order valence-corrected chi connectivity index (χ3v) is 6.50. The number of aromatic nitrogens is 2. The molecule has 0 aromatic carbocycles. The summed E-state index contributed by atoms with van der Waals surface area (Å²) in [4.78, 5) is 3.85. The summed E-state index contributed by atoms with van der Waals surface area (Å²) in [7, 11) is -4.21. The van der Waals surface area contributed by atoms with Crippen LogP contribution in [-0.2, 0) is 10.0 Å². The summed E-state index contributed by atoms with van der Waals surface area (Å²) in [5, 5.41) is -0.0180. The fourth-order valence-corrected chi connectivity index (χ4v) is 4.76. The molecule has 128 valence electrons. The van der Waals surface area contributed by atoms with Crippen LogP contribution in [0.15, 0.2) is 47.8 Å². The van der Waals surface area contributed by atoms with Gasteiger partial charge in [0.15, 0.2) is 5.65 Å². The van der Waals surface area contributed by atoms with Crippen molar-refractivity contribution in [3.8, 4) is 0 Å². The van der Waals surface area contributed by atoms with E-state index in [1.165, 1.54) is 31.3 Å². The van der Waals surface area contributed by atoms with Crippen LogP contribution >= 0.6 is 11.6 Å². The summed E-state index contributed by atoms with van der Waals surface area (Å²) < 4.78 is 65.1. The molecule has 1 atom stereocenters. The molecule has 2 heterocycles. The Morgan fingerprint density at radius 3 is 2.71 bits per heavy atom. The molecule has 0 N–H and O–H groups in total. The number of fused-ring (bicyclic) bond motifs is 1. The van der Waals surface area contributed by atoms with Crippen LogP contribution in [-0.4, -0.2) is 29.1 Å².